The predicted molar refractivity (Wildman–Crippen MR) is 79.3 cm³/mol. The molecule has 19 heavy (non-hydrogen) atoms. The minimum absolute atomic E-state index is 0.251. The number of halogens is 1. The first-order chi connectivity index (χ1) is 9.20. The predicted octanol–water partition coefficient (Wildman–Crippen LogP) is 3.01. The second-order valence-electron chi connectivity index (χ2n) is 4.34. The number of imidazole rings is 1. The molecule has 0 aliphatic carbocycles. The fraction of sp³-hybridized carbons (Fsp3) is 0.357. The Hall–Kier alpha value is -1.33. The van der Waals surface area contributed by atoms with Crippen LogP contribution in [0.3, 0.4) is 0 Å². The number of aromatic nitrogens is 2. The van der Waals surface area contributed by atoms with Gasteiger partial charge in [0.15, 0.2) is 0 Å². The van der Waals surface area contributed by atoms with Crippen molar-refractivity contribution in [2.45, 2.75) is 19.5 Å². The van der Waals surface area contributed by atoms with Gasteiger partial charge < -0.3 is 14.6 Å². The molecule has 0 aliphatic heterocycles. The smallest absolute Gasteiger partial charge is 0.124 e. The second-order valence-corrected chi connectivity index (χ2v) is 5.26. The van der Waals surface area contributed by atoms with Gasteiger partial charge in [0.25, 0.3) is 0 Å². The summed E-state index contributed by atoms with van der Waals surface area (Å²) in [7, 11) is 1.95. The van der Waals surface area contributed by atoms with Gasteiger partial charge in [-0.05, 0) is 32.2 Å². The minimum Gasteiger partial charge on any atom is -0.491 e. The van der Waals surface area contributed by atoms with E-state index in [9.17, 15) is 0 Å². The third-order valence-corrected chi connectivity index (χ3v) is 3.53. The molecule has 0 saturated heterocycles. The zero-order chi connectivity index (χ0) is 13.7. The Morgan fingerprint density at radius 1 is 1.47 bits per heavy atom. The molecule has 2 aromatic rings. The minimum atomic E-state index is 0.251. The normalized spacial score (nSPS) is 12.4. The Labute approximate surface area is 121 Å². The summed E-state index contributed by atoms with van der Waals surface area (Å²) in [6.45, 7) is 3.54. The van der Waals surface area contributed by atoms with Gasteiger partial charge in [0.05, 0.1) is 12.9 Å². The number of nitrogens with zero attached hydrogens (tertiary/aromatic N) is 2. The molecule has 1 heterocycles. The molecule has 0 spiro atoms. The fourth-order valence-corrected chi connectivity index (χ4v) is 2.20. The van der Waals surface area contributed by atoms with Gasteiger partial charge in [-0.3, -0.25) is 0 Å². The van der Waals surface area contributed by atoms with Crippen molar-refractivity contribution in [2.24, 2.45) is 0 Å². The van der Waals surface area contributed by atoms with Gasteiger partial charge in [0.2, 0.25) is 0 Å². The highest BCUT2D eigenvalue weighted by atomic mass is 79.9. The number of hydrogen-bond acceptors (Lipinski definition) is 3. The molecule has 1 unspecified atom stereocenters. The first-order valence-electron chi connectivity index (χ1n) is 6.26. The van der Waals surface area contributed by atoms with Crippen molar-refractivity contribution < 1.29 is 4.74 Å². The molecule has 0 saturated carbocycles. The molecule has 4 nitrogen and oxygen atoms in total. The number of nitrogens with one attached hydrogen (secondary N) is 1. The van der Waals surface area contributed by atoms with Crippen molar-refractivity contribution >= 4 is 15.9 Å². The molecule has 102 valence electrons. The molecule has 1 N–H and O–H groups in total. The largest absolute Gasteiger partial charge is 0.491 e. The summed E-state index contributed by atoms with van der Waals surface area (Å²) in [5.74, 6) is 0.921. The van der Waals surface area contributed by atoms with E-state index in [0.717, 1.165) is 22.3 Å². The lowest BCUT2D eigenvalue weighted by molar-refractivity contribution is 0.293. The molecule has 0 radical (unpaired) electrons. The third kappa shape index (κ3) is 3.81. The van der Waals surface area contributed by atoms with Crippen LogP contribution in [0.25, 0.3) is 0 Å². The summed E-state index contributed by atoms with van der Waals surface area (Å²) in [5.41, 5.74) is 1.16. The summed E-state index contributed by atoms with van der Waals surface area (Å²) in [6, 6.07) is 6.34. The number of benzene rings is 1. The Morgan fingerprint density at radius 3 is 3.00 bits per heavy atom. The van der Waals surface area contributed by atoms with E-state index in [0.29, 0.717) is 6.61 Å². The van der Waals surface area contributed by atoms with Crippen LogP contribution in [0.15, 0.2) is 41.4 Å². The van der Waals surface area contributed by atoms with Crippen LogP contribution in [0, 0.1) is 0 Å². The highest BCUT2D eigenvalue weighted by Crippen LogP contribution is 2.28. The summed E-state index contributed by atoms with van der Waals surface area (Å²) in [6.07, 6.45) is 5.50. The Kier molecular flexibility index (Phi) is 4.99. The average Bonchev–Trinajstić information content (AvgIpc) is 2.92. The van der Waals surface area contributed by atoms with Crippen LogP contribution in [-0.2, 0) is 6.54 Å². The molecule has 0 fully saturated rings. The van der Waals surface area contributed by atoms with Gasteiger partial charge in [-0.1, -0.05) is 15.9 Å². The van der Waals surface area contributed by atoms with Gasteiger partial charge in [-0.25, -0.2) is 4.98 Å². The molecular weight excluding hydrogens is 306 g/mol. The van der Waals surface area contributed by atoms with E-state index in [4.69, 9.17) is 4.74 Å². The van der Waals surface area contributed by atoms with E-state index < -0.39 is 0 Å². The van der Waals surface area contributed by atoms with E-state index in [1.165, 1.54) is 0 Å². The van der Waals surface area contributed by atoms with Gasteiger partial charge in [0, 0.05) is 28.5 Å². The first kappa shape index (κ1) is 14.1. The van der Waals surface area contributed by atoms with Gasteiger partial charge in [-0.2, -0.15) is 0 Å². The highest BCUT2D eigenvalue weighted by Gasteiger charge is 2.10. The van der Waals surface area contributed by atoms with E-state index in [1.807, 2.05) is 29.9 Å². The van der Waals surface area contributed by atoms with E-state index >= 15 is 0 Å². The lowest BCUT2D eigenvalue weighted by atomic mass is 10.1. The van der Waals surface area contributed by atoms with Crippen LogP contribution in [0.1, 0.15) is 18.5 Å². The van der Waals surface area contributed by atoms with Crippen LogP contribution in [0.4, 0.5) is 0 Å². The summed E-state index contributed by atoms with van der Waals surface area (Å²) in [4.78, 5) is 4.01. The Balaban J connectivity index is 2.02. The van der Waals surface area contributed by atoms with Crippen molar-refractivity contribution in [3.63, 3.8) is 0 Å². The molecular formula is C14H18BrN3O. The first-order valence-corrected chi connectivity index (χ1v) is 7.05. The van der Waals surface area contributed by atoms with E-state index in [2.05, 4.69) is 39.2 Å². The summed E-state index contributed by atoms with van der Waals surface area (Å²) in [5, 5.41) is 3.24. The average molecular weight is 324 g/mol. The molecule has 0 bridgehead atoms. The van der Waals surface area contributed by atoms with Gasteiger partial charge in [0.1, 0.15) is 12.4 Å². The summed E-state index contributed by atoms with van der Waals surface area (Å²) >= 11 is 3.50. The van der Waals surface area contributed by atoms with Crippen LogP contribution < -0.4 is 10.1 Å². The van der Waals surface area contributed by atoms with Crippen molar-refractivity contribution in [3.8, 4) is 5.75 Å². The van der Waals surface area contributed by atoms with Gasteiger partial charge in [-0.15, -0.1) is 0 Å². The van der Waals surface area contributed by atoms with Crippen molar-refractivity contribution in [2.75, 3.05) is 13.7 Å². The quantitative estimate of drug-likeness (QED) is 0.888. The van der Waals surface area contributed by atoms with Crippen LogP contribution in [0.5, 0.6) is 5.75 Å². The topological polar surface area (TPSA) is 39.1 Å². The van der Waals surface area contributed by atoms with Crippen molar-refractivity contribution in [1.29, 1.82) is 0 Å². The van der Waals surface area contributed by atoms with Crippen molar-refractivity contribution in [1.82, 2.24) is 14.9 Å². The maximum atomic E-state index is 5.88. The Morgan fingerprint density at radius 2 is 2.32 bits per heavy atom. The molecule has 0 aliphatic rings. The highest BCUT2D eigenvalue weighted by molar-refractivity contribution is 9.10. The molecule has 2 rings (SSSR count). The maximum Gasteiger partial charge on any atom is 0.124 e. The number of rotatable bonds is 6. The Bertz CT molecular complexity index is 513. The van der Waals surface area contributed by atoms with Crippen molar-refractivity contribution in [3.05, 3.63) is 47.0 Å². The lowest BCUT2D eigenvalue weighted by Gasteiger charge is -2.17. The van der Waals surface area contributed by atoms with E-state index in [-0.39, 0.29) is 6.04 Å². The molecule has 1 atom stereocenters. The zero-order valence-corrected chi connectivity index (χ0v) is 12.7. The number of ether oxygens (including phenoxy) is 1. The molecule has 1 aromatic heterocycles. The molecule has 0 amide bonds. The molecule has 1 aromatic carbocycles. The van der Waals surface area contributed by atoms with Crippen LogP contribution in [-0.4, -0.2) is 23.2 Å². The standard InChI is InChI=1S/C14H18BrN3O/c1-11(16-2)13-9-12(15)3-4-14(13)19-8-7-18-6-5-17-10-18/h3-6,9-11,16H,7-8H2,1-2H3. The lowest BCUT2D eigenvalue weighted by Crippen LogP contribution is -2.15. The van der Waals surface area contributed by atoms with E-state index in [1.54, 1.807) is 12.5 Å². The molecule has 5 heteroatoms. The monoisotopic (exact) mass is 323 g/mol. The number of hydrogen-bond donors (Lipinski definition) is 1. The van der Waals surface area contributed by atoms with Crippen LogP contribution >= 0.6 is 15.9 Å². The third-order valence-electron chi connectivity index (χ3n) is 3.04. The second kappa shape index (κ2) is 6.73. The SMILES string of the molecule is CNC(C)c1cc(Br)ccc1OCCn1ccnc1. The van der Waals surface area contributed by atoms with Gasteiger partial charge >= 0.3 is 0 Å². The fourth-order valence-electron chi connectivity index (χ4n) is 1.82. The van der Waals surface area contributed by atoms with Crippen LogP contribution in [0.2, 0.25) is 0 Å². The summed E-state index contributed by atoms with van der Waals surface area (Å²) < 4.78 is 8.94. The zero-order valence-electron chi connectivity index (χ0n) is 11.1. The maximum absolute atomic E-state index is 5.88.